The molecule has 19 heavy (non-hydrogen) atoms. The first-order valence-corrected chi connectivity index (χ1v) is 8.16. The third-order valence-electron chi connectivity index (χ3n) is 2.70. The smallest absolute Gasteiger partial charge is 0.243 e. The van der Waals surface area contributed by atoms with Gasteiger partial charge in [-0.05, 0) is 23.8 Å². The van der Waals surface area contributed by atoms with E-state index < -0.39 is 10.0 Å². The summed E-state index contributed by atoms with van der Waals surface area (Å²) in [4.78, 5) is 0.200. The molecule has 0 N–H and O–H groups in total. The van der Waals surface area contributed by atoms with Gasteiger partial charge in [-0.25, -0.2) is 8.42 Å². The van der Waals surface area contributed by atoms with E-state index >= 15 is 0 Å². The number of hydrogen-bond acceptors (Lipinski definition) is 3. The molecular weight excluding hydrogens is 309 g/mol. The molecule has 1 aromatic carbocycles. The Bertz CT molecular complexity index is 520. The van der Waals surface area contributed by atoms with Crippen LogP contribution in [0.5, 0.6) is 0 Å². The van der Waals surface area contributed by atoms with Gasteiger partial charge in [-0.3, -0.25) is 0 Å². The van der Waals surface area contributed by atoms with Crippen LogP contribution in [0, 0.1) is 0 Å². The summed E-state index contributed by atoms with van der Waals surface area (Å²) in [6.07, 6.45) is 0. The summed E-state index contributed by atoms with van der Waals surface area (Å²) in [7, 11) is -2.00. The molecule has 0 saturated carbocycles. The average Bonchev–Trinajstić information content (AvgIpc) is 2.39. The molecule has 0 radical (unpaired) electrons. The second-order valence-corrected chi connectivity index (χ2v) is 6.49. The lowest BCUT2D eigenvalue weighted by Gasteiger charge is -2.20. The fourth-order valence-electron chi connectivity index (χ4n) is 1.60. The maximum atomic E-state index is 12.4. The summed E-state index contributed by atoms with van der Waals surface area (Å²) in [5.41, 5.74) is 0.604. The molecule has 0 aliphatic rings. The minimum Gasteiger partial charge on any atom is -0.383 e. The van der Waals surface area contributed by atoms with Crippen molar-refractivity contribution in [3.63, 3.8) is 0 Å². The number of sulfonamides is 1. The zero-order valence-corrected chi connectivity index (χ0v) is 13.2. The molecule has 0 atom stereocenters. The summed E-state index contributed by atoms with van der Waals surface area (Å²) >= 11 is 11.7. The Morgan fingerprint density at radius 2 is 2.05 bits per heavy atom. The summed E-state index contributed by atoms with van der Waals surface area (Å²) in [6, 6.07) is 4.56. The number of alkyl halides is 1. The first-order chi connectivity index (χ1) is 8.97. The second-order valence-electron chi connectivity index (χ2n) is 3.88. The van der Waals surface area contributed by atoms with Gasteiger partial charge in [-0.15, -0.1) is 11.6 Å². The van der Waals surface area contributed by atoms with Crippen LogP contribution in [0.2, 0.25) is 5.02 Å². The lowest BCUT2D eigenvalue weighted by atomic mass is 10.2. The lowest BCUT2D eigenvalue weighted by molar-refractivity contribution is 0.180. The molecule has 0 saturated heterocycles. The highest BCUT2D eigenvalue weighted by molar-refractivity contribution is 7.89. The highest BCUT2D eigenvalue weighted by atomic mass is 35.5. The van der Waals surface area contributed by atoms with Gasteiger partial charge in [-0.2, -0.15) is 4.31 Å². The Morgan fingerprint density at radius 3 is 2.58 bits per heavy atom. The van der Waals surface area contributed by atoms with Crippen molar-refractivity contribution in [3.05, 3.63) is 28.8 Å². The number of ether oxygens (including phenoxy) is 1. The van der Waals surface area contributed by atoms with E-state index in [9.17, 15) is 8.42 Å². The molecule has 0 aliphatic heterocycles. The quantitative estimate of drug-likeness (QED) is 0.724. The first kappa shape index (κ1) is 16.7. The number of likely N-dealkylation sites (N-methyl/N-ethyl adjacent to an activating group) is 1. The van der Waals surface area contributed by atoms with Crippen LogP contribution in [-0.4, -0.2) is 39.5 Å². The maximum Gasteiger partial charge on any atom is 0.243 e. The highest BCUT2D eigenvalue weighted by Gasteiger charge is 2.23. The van der Waals surface area contributed by atoms with Crippen molar-refractivity contribution in [2.24, 2.45) is 0 Å². The van der Waals surface area contributed by atoms with Gasteiger partial charge in [-0.1, -0.05) is 18.5 Å². The number of nitrogens with zero attached hydrogens (tertiary/aromatic N) is 1. The van der Waals surface area contributed by atoms with Crippen LogP contribution in [-0.2, 0) is 20.6 Å². The Hall–Kier alpha value is -0.330. The highest BCUT2D eigenvalue weighted by Crippen LogP contribution is 2.24. The van der Waals surface area contributed by atoms with Crippen molar-refractivity contribution in [3.8, 4) is 0 Å². The van der Waals surface area contributed by atoms with E-state index in [1.54, 1.807) is 13.0 Å². The predicted molar refractivity (Wildman–Crippen MR) is 77.3 cm³/mol. The molecule has 4 nitrogen and oxygen atoms in total. The molecule has 1 aromatic rings. The number of methoxy groups -OCH3 is 1. The van der Waals surface area contributed by atoms with Gasteiger partial charge in [0.2, 0.25) is 10.0 Å². The van der Waals surface area contributed by atoms with E-state index in [0.717, 1.165) is 0 Å². The minimum atomic E-state index is -3.54. The zero-order chi connectivity index (χ0) is 14.5. The molecule has 0 aliphatic carbocycles. The van der Waals surface area contributed by atoms with Gasteiger partial charge in [0.1, 0.15) is 0 Å². The summed E-state index contributed by atoms with van der Waals surface area (Å²) in [5, 5.41) is 0.467. The van der Waals surface area contributed by atoms with Crippen molar-refractivity contribution in [1.82, 2.24) is 4.31 Å². The average molecular weight is 326 g/mol. The zero-order valence-electron chi connectivity index (χ0n) is 10.9. The van der Waals surface area contributed by atoms with Crippen LogP contribution in [0.1, 0.15) is 12.5 Å². The van der Waals surface area contributed by atoms with Crippen molar-refractivity contribution >= 4 is 33.2 Å². The number of benzene rings is 1. The fourth-order valence-corrected chi connectivity index (χ4v) is 3.56. The third-order valence-corrected chi connectivity index (χ3v) is 5.32. The molecule has 0 aromatic heterocycles. The van der Waals surface area contributed by atoms with E-state index in [0.29, 0.717) is 30.3 Å². The van der Waals surface area contributed by atoms with Crippen LogP contribution in [0.25, 0.3) is 0 Å². The van der Waals surface area contributed by atoms with Gasteiger partial charge < -0.3 is 4.74 Å². The van der Waals surface area contributed by atoms with E-state index in [1.807, 2.05) is 0 Å². The second kappa shape index (κ2) is 7.45. The van der Waals surface area contributed by atoms with Crippen molar-refractivity contribution in [2.75, 3.05) is 26.8 Å². The van der Waals surface area contributed by atoms with E-state index in [2.05, 4.69) is 0 Å². The van der Waals surface area contributed by atoms with E-state index in [-0.39, 0.29) is 10.8 Å². The normalized spacial score (nSPS) is 12.1. The van der Waals surface area contributed by atoms with Crippen LogP contribution in [0.3, 0.4) is 0 Å². The Labute approximate surface area is 124 Å². The molecule has 1 rings (SSSR count). The van der Waals surface area contributed by atoms with E-state index in [1.165, 1.54) is 23.5 Å². The maximum absolute atomic E-state index is 12.4. The molecule has 0 bridgehead atoms. The van der Waals surface area contributed by atoms with Gasteiger partial charge >= 0.3 is 0 Å². The van der Waals surface area contributed by atoms with Crippen molar-refractivity contribution < 1.29 is 13.2 Å². The predicted octanol–water partition coefficient (Wildman–Crippen LogP) is 2.74. The molecular formula is C12H17Cl2NO3S. The Morgan fingerprint density at radius 1 is 1.37 bits per heavy atom. The Balaban J connectivity index is 3.11. The SMILES string of the molecule is CCN(CCOC)S(=O)(=O)c1ccc(Cl)c(CCl)c1. The standard InChI is InChI=1S/C12H17Cl2NO3S/c1-3-15(6-7-18-2)19(16,17)11-4-5-12(14)10(8-11)9-13/h4-5,8H,3,6-7,9H2,1-2H3. The monoisotopic (exact) mass is 325 g/mol. The number of halogens is 2. The summed E-state index contributed by atoms with van der Waals surface area (Å²) in [6.45, 7) is 2.83. The van der Waals surface area contributed by atoms with Gasteiger partial charge in [0.25, 0.3) is 0 Å². The summed E-state index contributed by atoms with van der Waals surface area (Å²) in [5.74, 6) is 0.173. The molecule has 0 amide bonds. The van der Waals surface area contributed by atoms with Gasteiger partial charge in [0, 0.05) is 31.1 Å². The third kappa shape index (κ3) is 4.07. The topological polar surface area (TPSA) is 46.6 Å². The van der Waals surface area contributed by atoms with Crippen LogP contribution in [0.15, 0.2) is 23.1 Å². The van der Waals surface area contributed by atoms with Crippen LogP contribution < -0.4 is 0 Å². The molecule has 0 unspecified atom stereocenters. The van der Waals surface area contributed by atoms with Gasteiger partial charge in [0.05, 0.1) is 11.5 Å². The van der Waals surface area contributed by atoms with Crippen molar-refractivity contribution in [2.45, 2.75) is 17.7 Å². The molecule has 0 fully saturated rings. The number of hydrogen-bond donors (Lipinski definition) is 0. The van der Waals surface area contributed by atoms with Crippen LogP contribution >= 0.6 is 23.2 Å². The van der Waals surface area contributed by atoms with E-state index in [4.69, 9.17) is 27.9 Å². The number of rotatable bonds is 7. The largest absolute Gasteiger partial charge is 0.383 e. The molecule has 0 spiro atoms. The first-order valence-electron chi connectivity index (χ1n) is 5.80. The lowest BCUT2D eigenvalue weighted by Crippen LogP contribution is -2.33. The van der Waals surface area contributed by atoms with Gasteiger partial charge in [0.15, 0.2) is 0 Å². The molecule has 108 valence electrons. The molecule has 0 heterocycles. The van der Waals surface area contributed by atoms with Crippen LogP contribution in [0.4, 0.5) is 0 Å². The Kier molecular flexibility index (Phi) is 6.56. The minimum absolute atomic E-state index is 0.173. The van der Waals surface area contributed by atoms with Crippen molar-refractivity contribution in [1.29, 1.82) is 0 Å². The summed E-state index contributed by atoms with van der Waals surface area (Å²) < 4.78 is 31.1. The fraction of sp³-hybridized carbons (Fsp3) is 0.500. The molecule has 7 heteroatoms.